The van der Waals surface area contributed by atoms with Gasteiger partial charge in [0.15, 0.2) is 0 Å². The number of nitrogens with one attached hydrogen (secondary N) is 2. The Hall–Kier alpha value is 0.220. The van der Waals surface area contributed by atoms with Crippen LogP contribution in [0.2, 0.25) is 0 Å². The van der Waals surface area contributed by atoms with Gasteiger partial charge in [-0.2, -0.15) is 11.8 Å². The highest BCUT2D eigenvalue weighted by Crippen LogP contribution is 2.05. The van der Waals surface area contributed by atoms with Crippen molar-refractivity contribution in [2.24, 2.45) is 0 Å². The van der Waals surface area contributed by atoms with E-state index in [9.17, 15) is 8.42 Å². The van der Waals surface area contributed by atoms with Crippen molar-refractivity contribution >= 4 is 21.8 Å². The second-order valence-electron chi connectivity index (χ2n) is 5.14. The molecule has 0 radical (unpaired) electrons. The van der Waals surface area contributed by atoms with Crippen LogP contribution in [0.15, 0.2) is 0 Å². The summed E-state index contributed by atoms with van der Waals surface area (Å²) >= 11 is 1.85. The molecule has 0 aliphatic heterocycles. The molecule has 0 saturated heterocycles. The Morgan fingerprint density at radius 2 is 1.84 bits per heavy atom. The predicted octanol–water partition coefficient (Wildman–Crippen LogP) is 2.22. The number of hydrogen-bond acceptors (Lipinski definition) is 4. The highest BCUT2D eigenvalue weighted by Gasteiger charge is 2.13. The molecule has 2 N–H and O–H groups in total. The van der Waals surface area contributed by atoms with Gasteiger partial charge < -0.3 is 5.32 Å². The third-order valence-corrected chi connectivity index (χ3v) is 5.19. The van der Waals surface area contributed by atoms with Crippen LogP contribution in [0.4, 0.5) is 0 Å². The molecule has 0 aliphatic rings. The van der Waals surface area contributed by atoms with E-state index in [1.165, 1.54) is 0 Å². The van der Waals surface area contributed by atoms with Crippen molar-refractivity contribution in [2.75, 3.05) is 23.8 Å². The van der Waals surface area contributed by atoms with E-state index in [4.69, 9.17) is 0 Å². The van der Waals surface area contributed by atoms with E-state index in [-0.39, 0.29) is 11.8 Å². The highest BCUT2D eigenvalue weighted by molar-refractivity contribution is 7.99. The summed E-state index contributed by atoms with van der Waals surface area (Å²) in [6.07, 6.45) is 2.51. The fourth-order valence-electron chi connectivity index (χ4n) is 1.64. The number of hydrogen-bond donors (Lipinski definition) is 2. The third-order valence-electron chi connectivity index (χ3n) is 2.67. The molecular formula is C13H30N2O2S2. The summed E-state index contributed by atoms with van der Waals surface area (Å²) < 4.78 is 26.4. The van der Waals surface area contributed by atoms with Crippen molar-refractivity contribution < 1.29 is 8.42 Å². The largest absolute Gasteiger partial charge is 0.315 e. The maximum atomic E-state index is 11.8. The first-order valence-electron chi connectivity index (χ1n) is 7.18. The van der Waals surface area contributed by atoms with Gasteiger partial charge in [-0.3, -0.25) is 0 Å². The molecule has 0 amide bonds. The van der Waals surface area contributed by atoms with Crippen LogP contribution in [0.3, 0.4) is 0 Å². The Morgan fingerprint density at radius 3 is 2.42 bits per heavy atom. The maximum Gasteiger partial charge on any atom is 0.211 e. The summed E-state index contributed by atoms with van der Waals surface area (Å²) in [5.41, 5.74) is 0. The summed E-state index contributed by atoms with van der Waals surface area (Å²) in [5, 5.41) is 3.29. The van der Waals surface area contributed by atoms with Crippen LogP contribution >= 0.6 is 11.8 Å². The van der Waals surface area contributed by atoms with Crippen LogP contribution in [0.1, 0.15) is 47.0 Å². The monoisotopic (exact) mass is 310 g/mol. The SMILES string of the molecule is CCSCCC(C)NS(=O)(=O)CCCCNC(C)C. The van der Waals surface area contributed by atoms with Gasteiger partial charge in [0.2, 0.25) is 10.0 Å². The summed E-state index contributed by atoms with van der Waals surface area (Å²) in [6, 6.07) is 0.503. The summed E-state index contributed by atoms with van der Waals surface area (Å²) in [5.74, 6) is 2.33. The maximum absolute atomic E-state index is 11.8. The third kappa shape index (κ3) is 13.0. The first-order valence-corrected chi connectivity index (χ1v) is 9.99. The van der Waals surface area contributed by atoms with Gasteiger partial charge >= 0.3 is 0 Å². The highest BCUT2D eigenvalue weighted by atomic mass is 32.2. The van der Waals surface area contributed by atoms with E-state index in [1.54, 1.807) is 0 Å². The molecule has 0 fully saturated rings. The Bertz CT molecular complexity index is 306. The molecule has 0 aliphatic carbocycles. The Balaban J connectivity index is 3.73. The van der Waals surface area contributed by atoms with E-state index >= 15 is 0 Å². The van der Waals surface area contributed by atoms with Gasteiger partial charge in [0.05, 0.1) is 5.75 Å². The zero-order valence-electron chi connectivity index (χ0n) is 12.7. The van der Waals surface area contributed by atoms with Gasteiger partial charge in [-0.05, 0) is 44.2 Å². The first-order chi connectivity index (χ1) is 8.87. The van der Waals surface area contributed by atoms with Crippen LogP contribution < -0.4 is 10.0 Å². The van der Waals surface area contributed by atoms with Gasteiger partial charge in [-0.15, -0.1) is 0 Å². The van der Waals surface area contributed by atoms with Crippen LogP contribution in [-0.4, -0.2) is 44.3 Å². The van der Waals surface area contributed by atoms with Crippen LogP contribution in [0.25, 0.3) is 0 Å². The van der Waals surface area contributed by atoms with Crippen molar-refractivity contribution in [2.45, 2.75) is 59.0 Å². The summed E-state index contributed by atoms with van der Waals surface area (Å²) in [7, 11) is -3.11. The van der Waals surface area contributed by atoms with Crippen LogP contribution in [-0.2, 0) is 10.0 Å². The van der Waals surface area contributed by atoms with Crippen molar-refractivity contribution in [3.05, 3.63) is 0 Å². The lowest BCUT2D eigenvalue weighted by molar-refractivity contribution is 0.544. The number of unbranched alkanes of at least 4 members (excludes halogenated alkanes) is 1. The lowest BCUT2D eigenvalue weighted by Gasteiger charge is -2.14. The lowest BCUT2D eigenvalue weighted by Crippen LogP contribution is -2.35. The Labute approximate surface area is 123 Å². The molecule has 4 nitrogen and oxygen atoms in total. The zero-order valence-corrected chi connectivity index (χ0v) is 14.4. The fraction of sp³-hybridized carbons (Fsp3) is 1.00. The zero-order chi connectivity index (χ0) is 14.7. The topological polar surface area (TPSA) is 58.2 Å². The standard InChI is InChI=1S/C13H30N2O2S2/c1-5-18-10-8-13(4)15-19(16,17)11-7-6-9-14-12(2)3/h12-15H,5-11H2,1-4H3. The van der Waals surface area contributed by atoms with Gasteiger partial charge in [0.25, 0.3) is 0 Å². The molecule has 116 valence electrons. The van der Waals surface area contributed by atoms with Crippen LogP contribution in [0, 0.1) is 0 Å². The average Bonchev–Trinajstić information content (AvgIpc) is 2.27. The molecule has 1 unspecified atom stereocenters. The summed E-state index contributed by atoms with van der Waals surface area (Å²) in [4.78, 5) is 0. The van der Waals surface area contributed by atoms with E-state index in [2.05, 4.69) is 30.8 Å². The molecule has 0 rings (SSSR count). The van der Waals surface area contributed by atoms with Crippen molar-refractivity contribution in [1.29, 1.82) is 0 Å². The van der Waals surface area contributed by atoms with Gasteiger partial charge in [-0.25, -0.2) is 13.1 Å². The average molecular weight is 311 g/mol. The molecule has 19 heavy (non-hydrogen) atoms. The van der Waals surface area contributed by atoms with E-state index in [0.29, 0.717) is 12.5 Å². The van der Waals surface area contributed by atoms with Crippen LogP contribution in [0.5, 0.6) is 0 Å². The van der Waals surface area contributed by atoms with E-state index < -0.39 is 10.0 Å². The lowest BCUT2D eigenvalue weighted by atomic mass is 10.3. The minimum Gasteiger partial charge on any atom is -0.315 e. The molecular weight excluding hydrogens is 280 g/mol. The molecule has 0 spiro atoms. The van der Waals surface area contributed by atoms with Gasteiger partial charge in [0, 0.05) is 12.1 Å². The van der Waals surface area contributed by atoms with E-state index in [0.717, 1.165) is 30.9 Å². The minimum absolute atomic E-state index is 0.0397. The summed E-state index contributed by atoms with van der Waals surface area (Å²) in [6.45, 7) is 9.12. The van der Waals surface area contributed by atoms with Crippen molar-refractivity contribution in [3.8, 4) is 0 Å². The molecule has 0 aromatic rings. The first kappa shape index (κ1) is 19.2. The number of thioether (sulfide) groups is 1. The molecule has 6 heteroatoms. The number of sulfonamides is 1. The Morgan fingerprint density at radius 1 is 1.16 bits per heavy atom. The Kier molecular flexibility index (Phi) is 11.1. The normalized spacial score (nSPS) is 13.9. The molecule has 0 heterocycles. The minimum atomic E-state index is -3.11. The fourth-order valence-corrected chi connectivity index (χ4v) is 3.88. The molecule has 0 aromatic heterocycles. The van der Waals surface area contributed by atoms with Crippen molar-refractivity contribution in [3.63, 3.8) is 0 Å². The van der Waals surface area contributed by atoms with Gasteiger partial charge in [0.1, 0.15) is 0 Å². The smallest absolute Gasteiger partial charge is 0.211 e. The second-order valence-corrected chi connectivity index (χ2v) is 8.41. The van der Waals surface area contributed by atoms with E-state index in [1.807, 2.05) is 18.7 Å². The molecule has 0 saturated carbocycles. The predicted molar refractivity (Wildman–Crippen MR) is 86.4 cm³/mol. The van der Waals surface area contributed by atoms with Gasteiger partial charge in [-0.1, -0.05) is 20.8 Å². The molecule has 0 aromatic carbocycles. The second kappa shape index (κ2) is 10.9. The number of rotatable bonds is 12. The molecule has 0 bridgehead atoms. The molecule has 1 atom stereocenters. The quantitative estimate of drug-likeness (QED) is 0.543. The van der Waals surface area contributed by atoms with Crippen molar-refractivity contribution in [1.82, 2.24) is 10.0 Å².